The molecule has 21 heavy (non-hydrogen) atoms. The molecule has 4 rings (SSSR count). The fourth-order valence-electron chi connectivity index (χ4n) is 2.97. The number of carbonyl (C=O) groups excluding carboxylic acids is 2. The van der Waals surface area contributed by atoms with E-state index in [9.17, 15) is 9.59 Å². The molecule has 0 aliphatic carbocycles. The summed E-state index contributed by atoms with van der Waals surface area (Å²) in [6.45, 7) is 1.39. The Hall–Kier alpha value is -2.89. The highest BCUT2D eigenvalue weighted by atomic mass is 16.2. The van der Waals surface area contributed by atoms with E-state index in [1.54, 1.807) is 24.5 Å². The van der Waals surface area contributed by atoms with Gasteiger partial charge >= 0.3 is 0 Å². The van der Waals surface area contributed by atoms with E-state index < -0.39 is 5.66 Å². The lowest BCUT2D eigenvalue weighted by Crippen LogP contribution is -2.49. The molecule has 0 saturated heterocycles. The van der Waals surface area contributed by atoms with E-state index in [4.69, 9.17) is 0 Å². The van der Waals surface area contributed by atoms with Crippen LogP contribution in [-0.2, 0) is 15.3 Å². The Kier molecular flexibility index (Phi) is 2.16. The third-order valence-electron chi connectivity index (χ3n) is 3.85. The predicted octanol–water partition coefficient (Wildman–Crippen LogP) is 1.67. The van der Waals surface area contributed by atoms with Crippen LogP contribution in [0.2, 0.25) is 0 Å². The second kappa shape index (κ2) is 3.82. The maximum absolute atomic E-state index is 12.9. The third kappa shape index (κ3) is 1.38. The Balaban J connectivity index is 1.92. The van der Waals surface area contributed by atoms with Gasteiger partial charge in [0, 0.05) is 18.7 Å². The van der Waals surface area contributed by atoms with Crippen LogP contribution < -0.4 is 15.5 Å². The van der Waals surface area contributed by atoms with E-state index in [-0.39, 0.29) is 11.8 Å². The molecule has 6 heteroatoms. The van der Waals surface area contributed by atoms with Gasteiger partial charge in [-0.3, -0.25) is 14.6 Å². The standard InChI is InChI=1S/C15H12N4O2/c1-9(20)19-13-5-3-2-4-10(13)15(14(19)21)17-11-6-7-16-8-12(11)18-15/h2-8,17-18H,1H3. The fraction of sp³-hybridized carbons (Fsp3) is 0.133. The van der Waals surface area contributed by atoms with Gasteiger partial charge in [-0.1, -0.05) is 18.2 Å². The molecule has 2 N–H and O–H groups in total. The lowest BCUT2D eigenvalue weighted by Gasteiger charge is -2.24. The molecular weight excluding hydrogens is 268 g/mol. The molecule has 3 heterocycles. The second-order valence-corrected chi connectivity index (χ2v) is 5.10. The van der Waals surface area contributed by atoms with E-state index in [0.717, 1.165) is 16.9 Å². The molecule has 0 radical (unpaired) electrons. The molecular formula is C15H12N4O2. The molecule has 0 bridgehead atoms. The first-order valence-electron chi connectivity index (χ1n) is 6.58. The normalized spacial score (nSPS) is 21.8. The van der Waals surface area contributed by atoms with E-state index in [1.807, 2.05) is 18.2 Å². The third-order valence-corrected chi connectivity index (χ3v) is 3.85. The van der Waals surface area contributed by atoms with Crippen LogP contribution in [0.5, 0.6) is 0 Å². The smallest absolute Gasteiger partial charge is 0.285 e. The highest BCUT2D eigenvalue weighted by Gasteiger charge is 2.55. The van der Waals surface area contributed by atoms with Crippen molar-refractivity contribution in [1.29, 1.82) is 0 Å². The van der Waals surface area contributed by atoms with Crippen LogP contribution in [-0.4, -0.2) is 16.8 Å². The molecule has 1 unspecified atom stereocenters. The van der Waals surface area contributed by atoms with Crippen molar-refractivity contribution in [2.24, 2.45) is 0 Å². The van der Waals surface area contributed by atoms with Crippen LogP contribution >= 0.6 is 0 Å². The van der Waals surface area contributed by atoms with E-state index in [1.165, 1.54) is 11.8 Å². The molecule has 2 amide bonds. The first-order chi connectivity index (χ1) is 10.1. The molecule has 2 aliphatic rings. The molecule has 1 aromatic heterocycles. The number of amides is 2. The number of hydrogen-bond acceptors (Lipinski definition) is 5. The zero-order valence-corrected chi connectivity index (χ0v) is 11.3. The molecule has 0 fully saturated rings. The molecule has 2 aromatic rings. The quantitative estimate of drug-likeness (QED) is 0.767. The van der Waals surface area contributed by atoms with Crippen molar-refractivity contribution >= 4 is 28.9 Å². The summed E-state index contributed by atoms with van der Waals surface area (Å²) in [6.07, 6.45) is 3.31. The summed E-state index contributed by atoms with van der Waals surface area (Å²) in [6, 6.07) is 9.07. The second-order valence-electron chi connectivity index (χ2n) is 5.10. The average molecular weight is 280 g/mol. The fourth-order valence-corrected chi connectivity index (χ4v) is 2.97. The van der Waals surface area contributed by atoms with Crippen molar-refractivity contribution in [3.05, 3.63) is 48.3 Å². The Morgan fingerprint density at radius 2 is 1.95 bits per heavy atom. The number of fused-ring (bicyclic) bond motifs is 3. The van der Waals surface area contributed by atoms with Crippen molar-refractivity contribution in [3.8, 4) is 0 Å². The molecule has 0 saturated carbocycles. The molecule has 104 valence electrons. The summed E-state index contributed by atoms with van der Waals surface area (Å²) < 4.78 is 0. The maximum atomic E-state index is 12.9. The minimum Gasteiger partial charge on any atom is -0.349 e. The number of pyridine rings is 1. The van der Waals surface area contributed by atoms with Gasteiger partial charge in [0.2, 0.25) is 11.6 Å². The van der Waals surface area contributed by atoms with Gasteiger partial charge < -0.3 is 10.6 Å². The molecule has 6 nitrogen and oxygen atoms in total. The van der Waals surface area contributed by atoms with Crippen LogP contribution in [0.25, 0.3) is 0 Å². The van der Waals surface area contributed by atoms with Gasteiger partial charge in [-0.15, -0.1) is 0 Å². The number of nitrogens with one attached hydrogen (secondary N) is 2. The van der Waals surface area contributed by atoms with Gasteiger partial charge in [0.25, 0.3) is 5.91 Å². The number of nitrogens with zero attached hydrogens (tertiary/aromatic N) is 2. The summed E-state index contributed by atoms with van der Waals surface area (Å²) >= 11 is 0. The lowest BCUT2D eigenvalue weighted by molar-refractivity contribution is -0.126. The Morgan fingerprint density at radius 1 is 1.19 bits per heavy atom. The number of hydrogen-bond donors (Lipinski definition) is 2. The number of rotatable bonds is 0. The molecule has 2 aliphatic heterocycles. The number of carbonyl (C=O) groups is 2. The number of anilines is 3. The zero-order chi connectivity index (χ0) is 14.6. The SMILES string of the molecule is CC(=O)N1C(=O)C2(Nc3ccncc3N2)c2ccccc21. The van der Waals surface area contributed by atoms with E-state index in [2.05, 4.69) is 15.6 Å². The summed E-state index contributed by atoms with van der Waals surface area (Å²) in [5, 5.41) is 6.39. The summed E-state index contributed by atoms with van der Waals surface area (Å²) in [7, 11) is 0. The highest BCUT2D eigenvalue weighted by molar-refractivity contribution is 6.24. The largest absolute Gasteiger partial charge is 0.349 e. The van der Waals surface area contributed by atoms with Crippen molar-refractivity contribution in [1.82, 2.24) is 4.98 Å². The summed E-state index contributed by atoms with van der Waals surface area (Å²) in [5.41, 5.74) is 1.75. The van der Waals surface area contributed by atoms with Gasteiger partial charge in [0.1, 0.15) is 0 Å². The Labute approximate surface area is 120 Å². The van der Waals surface area contributed by atoms with Crippen LogP contribution in [0.15, 0.2) is 42.7 Å². The summed E-state index contributed by atoms with van der Waals surface area (Å²) in [4.78, 5) is 30.0. The number of para-hydroxylation sites is 1. The minimum absolute atomic E-state index is 0.304. The van der Waals surface area contributed by atoms with E-state index >= 15 is 0 Å². The average Bonchev–Trinajstić information content (AvgIpc) is 2.97. The Bertz CT molecular complexity index is 762. The van der Waals surface area contributed by atoms with E-state index in [0.29, 0.717) is 5.69 Å². The van der Waals surface area contributed by atoms with Gasteiger partial charge in [-0.25, -0.2) is 4.90 Å². The van der Waals surface area contributed by atoms with Crippen molar-refractivity contribution < 1.29 is 9.59 Å². The molecule has 1 aromatic carbocycles. The van der Waals surface area contributed by atoms with Crippen molar-refractivity contribution in [3.63, 3.8) is 0 Å². The van der Waals surface area contributed by atoms with Crippen LogP contribution in [0, 0.1) is 0 Å². The molecule has 1 atom stereocenters. The molecule has 1 spiro atoms. The minimum atomic E-state index is -1.13. The lowest BCUT2D eigenvalue weighted by atomic mass is 10.0. The zero-order valence-electron chi connectivity index (χ0n) is 11.3. The van der Waals surface area contributed by atoms with Gasteiger partial charge in [-0.05, 0) is 12.1 Å². The highest BCUT2D eigenvalue weighted by Crippen LogP contribution is 2.47. The maximum Gasteiger partial charge on any atom is 0.285 e. The number of benzene rings is 1. The number of aromatic nitrogens is 1. The summed E-state index contributed by atoms with van der Waals surface area (Å²) in [5.74, 6) is -0.630. The predicted molar refractivity (Wildman–Crippen MR) is 77.8 cm³/mol. The van der Waals surface area contributed by atoms with Crippen LogP contribution in [0.4, 0.5) is 17.1 Å². The van der Waals surface area contributed by atoms with Crippen molar-refractivity contribution in [2.45, 2.75) is 12.6 Å². The first-order valence-corrected chi connectivity index (χ1v) is 6.58. The van der Waals surface area contributed by atoms with Crippen molar-refractivity contribution in [2.75, 3.05) is 15.5 Å². The van der Waals surface area contributed by atoms with Gasteiger partial charge in [0.05, 0.1) is 23.3 Å². The van der Waals surface area contributed by atoms with Gasteiger partial charge in [-0.2, -0.15) is 0 Å². The topological polar surface area (TPSA) is 74.3 Å². The van der Waals surface area contributed by atoms with Gasteiger partial charge in [0.15, 0.2) is 0 Å². The van der Waals surface area contributed by atoms with Crippen LogP contribution in [0.3, 0.4) is 0 Å². The first kappa shape index (κ1) is 11.9. The monoisotopic (exact) mass is 280 g/mol. The number of imide groups is 1. The van der Waals surface area contributed by atoms with Crippen LogP contribution in [0.1, 0.15) is 12.5 Å². The Morgan fingerprint density at radius 3 is 2.71 bits per heavy atom.